The van der Waals surface area contributed by atoms with Crippen LogP contribution in [-0.4, -0.2) is 11.0 Å². The number of halogens is 1. The first-order chi connectivity index (χ1) is 9.33. The third-order valence-electron chi connectivity index (χ3n) is 2.75. The largest absolute Gasteiger partial charge is 0.494 e. The zero-order chi connectivity index (χ0) is 13.5. The maximum absolute atomic E-state index is 8.77. The van der Waals surface area contributed by atoms with Crippen molar-refractivity contribution in [1.82, 2.24) is 0 Å². The number of hydrogen-bond acceptors (Lipinski definition) is 2. The molecule has 3 heteroatoms. The van der Waals surface area contributed by atoms with Gasteiger partial charge in [-0.25, -0.2) is 0 Å². The second-order valence-electron chi connectivity index (χ2n) is 4.10. The molecule has 0 amide bonds. The van der Waals surface area contributed by atoms with Crippen molar-refractivity contribution in [3.8, 4) is 22.9 Å². The summed E-state index contributed by atoms with van der Waals surface area (Å²) in [5.41, 5.74) is 2.92. The van der Waals surface area contributed by atoms with Gasteiger partial charge in [0.1, 0.15) is 5.75 Å². The SMILES string of the molecule is N#Cc1ccc(-c2ccc(OCCCI)cc2)cc1. The van der Waals surface area contributed by atoms with Crippen LogP contribution >= 0.6 is 22.6 Å². The fraction of sp³-hybridized carbons (Fsp3) is 0.188. The zero-order valence-electron chi connectivity index (χ0n) is 10.5. The predicted molar refractivity (Wildman–Crippen MR) is 85.6 cm³/mol. The van der Waals surface area contributed by atoms with Crippen LogP contribution in [0.2, 0.25) is 0 Å². The lowest BCUT2D eigenvalue weighted by atomic mass is 10.0. The Kier molecular flexibility index (Phi) is 5.22. The van der Waals surface area contributed by atoms with Crippen LogP contribution < -0.4 is 4.74 Å². The molecule has 0 N–H and O–H groups in total. The van der Waals surface area contributed by atoms with Gasteiger partial charge in [-0.15, -0.1) is 0 Å². The van der Waals surface area contributed by atoms with Gasteiger partial charge in [0.05, 0.1) is 18.2 Å². The van der Waals surface area contributed by atoms with E-state index in [0.29, 0.717) is 5.56 Å². The Hall–Kier alpha value is -1.54. The first kappa shape index (κ1) is 13.9. The van der Waals surface area contributed by atoms with Crippen molar-refractivity contribution in [3.63, 3.8) is 0 Å². The van der Waals surface area contributed by atoms with Crippen molar-refractivity contribution in [2.24, 2.45) is 0 Å². The Balaban J connectivity index is 2.07. The highest BCUT2D eigenvalue weighted by molar-refractivity contribution is 14.1. The van der Waals surface area contributed by atoms with E-state index in [2.05, 4.69) is 28.7 Å². The smallest absolute Gasteiger partial charge is 0.119 e. The lowest BCUT2D eigenvalue weighted by Gasteiger charge is -2.06. The molecule has 0 aliphatic heterocycles. The molecule has 0 fully saturated rings. The monoisotopic (exact) mass is 363 g/mol. The number of rotatable bonds is 5. The molecule has 0 aliphatic rings. The summed E-state index contributed by atoms with van der Waals surface area (Å²) in [5, 5.41) is 8.77. The maximum atomic E-state index is 8.77. The molecule has 96 valence electrons. The molecule has 0 saturated heterocycles. The summed E-state index contributed by atoms with van der Waals surface area (Å²) in [6, 6.07) is 17.8. The number of nitriles is 1. The summed E-state index contributed by atoms with van der Waals surface area (Å²) in [7, 11) is 0. The highest BCUT2D eigenvalue weighted by Crippen LogP contribution is 2.22. The molecule has 0 aliphatic carbocycles. The van der Waals surface area contributed by atoms with Crippen LogP contribution in [0.15, 0.2) is 48.5 Å². The predicted octanol–water partition coefficient (Wildman–Crippen LogP) is 4.43. The minimum absolute atomic E-state index is 0.683. The van der Waals surface area contributed by atoms with E-state index >= 15 is 0 Å². The Morgan fingerprint density at radius 2 is 1.53 bits per heavy atom. The van der Waals surface area contributed by atoms with E-state index in [9.17, 15) is 0 Å². The molecule has 0 bridgehead atoms. The minimum atomic E-state index is 0.683. The van der Waals surface area contributed by atoms with Gasteiger partial charge < -0.3 is 4.74 Å². The normalized spacial score (nSPS) is 9.89. The van der Waals surface area contributed by atoms with Crippen molar-refractivity contribution in [2.45, 2.75) is 6.42 Å². The van der Waals surface area contributed by atoms with Gasteiger partial charge in [-0.2, -0.15) is 5.26 Å². The van der Waals surface area contributed by atoms with E-state index in [1.54, 1.807) is 0 Å². The maximum Gasteiger partial charge on any atom is 0.119 e. The molecule has 0 radical (unpaired) electrons. The molecule has 0 saturated carbocycles. The van der Waals surface area contributed by atoms with E-state index in [1.807, 2.05) is 48.5 Å². The lowest BCUT2D eigenvalue weighted by molar-refractivity contribution is 0.319. The number of nitrogens with zero attached hydrogens (tertiary/aromatic N) is 1. The molecule has 0 aromatic heterocycles. The van der Waals surface area contributed by atoms with Gasteiger partial charge in [0, 0.05) is 4.43 Å². The fourth-order valence-electron chi connectivity index (χ4n) is 1.73. The Bertz CT molecular complexity index is 555. The van der Waals surface area contributed by atoms with Crippen molar-refractivity contribution < 1.29 is 4.74 Å². The topological polar surface area (TPSA) is 33.0 Å². The molecule has 2 aromatic carbocycles. The number of alkyl halides is 1. The van der Waals surface area contributed by atoms with Gasteiger partial charge in [0.2, 0.25) is 0 Å². The van der Waals surface area contributed by atoms with Crippen molar-refractivity contribution in [3.05, 3.63) is 54.1 Å². The van der Waals surface area contributed by atoms with Crippen LogP contribution in [0, 0.1) is 11.3 Å². The first-order valence-electron chi connectivity index (χ1n) is 6.13. The van der Waals surface area contributed by atoms with Crippen LogP contribution in [0.25, 0.3) is 11.1 Å². The summed E-state index contributed by atoms with van der Waals surface area (Å²) in [4.78, 5) is 0. The second-order valence-corrected chi connectivity index (χ2v) is 5.18. The first-order valence-corrected chi connectivity index (χ1v) is 7.65. The summed E-state index contributed by atoms with van der Waals surface area (Å²) >= 11 is 2.35. The molecular weight excluding hydrogens is 349 g/mol. The van der Waals surface area contributed by atoms with E-state index in [0.717, 1.165) is 34.3 Å². The lowest BCUT2D eigenvalue weighted by Crippen LogP contribution is -1.97. The average molecular weight is 363 g/mol. The van der Waals surface area contributed by atoms with E-state index in [1.165, 1.54) is 0 Å². The Morgan fingerprint density at radius 1 is 0.947 bits per heavy atom. The zero-order valence-corrected chi connectivity index (χ0v) is 12.6. The summed E-state index contributed by atoms with van der Waals surface area (Å²) < 4.78 is 6.74. The van der Waals surface area contributed by atoms with E-state index in [-0.39, 0.29) is 0 Å². The Labute approximate surface area is 127 Å². The molecular formula is C16H14INO. The van der Waals surface area contributed by atoms with Crippen LogP contribution in [0.5, 0.6) is 5.75 Å². The molecule has 19 heavy (non-hydrogen) atoms. The van der Waals surface area contributed by atoms with Gasteiger partial charge in [-0.05, 0) is 41.8 Å². The highest BCUT2D eigenvalue weighted by Gasteiger charge is 1.99. The van der Waals surface area contributed by atoms with Gasteiger partial charge in [-0.1, -0.05) is 46.9 Å². The van der Waals surface area contributed by atoms with Gasteiger partial charge in [-0.3, -0.25) is 0 Å². The number of ether oxygens (including phenoxy) is 1. The van der Waals surface area contributed by atoms with Crippen LogP contribution in [-0.2, 0) is 0 Å². The summed E-state index contributed by atoms with van der Waals surface area (Å²) in [5.74, 6) is 0.905. The summed E-state index contributed by atoms with van der Waals surface area (Å²) in [6.45, 7) is 0.763. The standard InChI is InChI=1S/C16H14INO/c17-10-1-11-19-16-8-6-15(7-9-16)14-4-2-13(12-18)3-5-14/h2-9H,1,10-11H2. The molecule has 0 unspecified atom stereocenters. The molecule has 2 nitrogen and oxygen atoms in total. The quantitative estimate of drug-likeness (QED) is 0.447. The number of benzene rings is 2. The molecule has 2 aromatic rings. The van der Waals surface area contributed by atoms with Crippen molar-refractivity contribution >= 4 is 22.6 Å². The Morgan fingerprint density at radius 3 is 2.05 bits per heavy atom. The van der Waals surface area contributed by atoms with Crippen LogP contribution in [0.3, 0.4) is 0 Å². The third kappa shape index (κ3) is 3.97. The van der Waals surface area contributed by atoms with Crippen LogP contribution in [0.4, 0.5) is 0 Å². The van der Waals surface area contributed by atoms with E-state index < -0.39 is 0 Å². The van der Waals surface area contributed by atoms with Gasteiger partial charge in [0.15, 0.2) is 0 Å². The molecule has 0 heterocycles. The van der Waals surface area contributed by atoms with Crippen molar-refractivity contribution in [2.75, 3.05) is 11.0 Å². The van der Waals surface area contributed by atoms with Crippen molar-refractivity contribution in [1.29, 1.82) is 5.26 Å². The second kappa shape index (κ2) is 7.15. The molecule has 0 spiro atoms. The van der Waals surface area contributed by atoms with E-state index in [4.69, 9.17) is 10.00 Å². The summed E-state index contributed by atoms with van der Waals surface area (Å²) in [6.07, 6.45) is 1.07. The molecule has 0 atom stereocenters. The average Bonchev–Trinajstić information content (AvgIpc) is 2.48. The fourth-order valence-corrected chi connectivity index (χ4v) is 2.04. The van der Waals surface area contributed by atoms with Crippen LogP contribution in [0.1, 0.15) is 12.0 Å². The van der Waals surface area contributed by atoms with Gasteiger partial charge >= 0.3 is 0 Å². The molecule has 2 rings (SSSR count). The minimum Gasteiger partial charge on any atom is -0.494 e. The third-order valence-corrected chi connectivity index (χ3v) is 3.51. The van der Waals surface area contributed by atoms with Gasteiger partial charge in [0.25, 0.3) is 0 Å². The number of hydrogen-bond donors (Lipinski definition) is 0. The highest BCUT2D eigenvalue weighted by atomic mass is 127.